The number of benzene rings is 2. The highest BCUT2D eigenvalue weighted by Crippen LogP contribution is 2.38. The van der Waals surface area contributed by atoms with Crippen molar-refractivity contribution in [3.8, 4) is 0 Å². The van der Waals surface area contributed by atoms with Gasteiger partial charge in [0.1, 0.15) is 0 Å². The fraction of sp³-hybridized carbons (Fsp3) is 0.0667. The summed E-state index contributed by atoms with van der Waals surface area (Å²) in [7, 11) is 0. The third-order valence-electron chi connectivity index (χ3n) is 3.31. The summed E-state index contributed by atoms with van der Waals surface area (Å²) < 4.78 is 39.9. The van der Waals surface area contributed by atoms with Gasteiger partial charge in [0.05, 0.1) is 37.7 Å². The number of carbonyl (C=O) groups excluding carboxylic acids is 1. The Morgan fingerprint density at radius 2 is 1.83 bits per heavy atom. The Bertz CT molecular complexity index is 926. The first-order valence-corrected chi connectivity index (χ1v) is 7.82. The van der Waals surface area contributed by atoms with Crippen molar-refractivity contribution in [1.29, 1.82) is 0 Å². The molecule has 0 atom stereocenters. The predicted octanol–water partition coefficient (Wildman–Crippen LogP) is 5.19. The van der Waals surface area contributed by atoms with Crippen LogP contribution >= 0.6 is 22.9 Å². The molecule has 0 radical (unpaired) electrons. The number of nitrogens with two attached hydrogens (primary N) is 1. The van der Waals surface area contributed by atoms with Crippen LogP contribution in [0, 0.1) is 0 Å². The molecular formula is C15H9ClF3N3OS. The zero-order valence-electron chi connectivity index (χ0n) is 11.8. The lowest BCUT2D eigenvalue weighted by Gasteiger charge is -2.22. The van der Waals surface area contributed by atoms with Gasteiger partial charge in [-0.2, -0.15) is 13.2 Å². The number of thiazole rings is 1. The third-order valence-corrected chi connectivity index (χ3v) is 4.43. The molecule has 0 fully saturated rings. The smallest absolute Gasteiger partial charge is 0.351 e. The Labute approximate surface area is 143 Å². The first-order valence-electron chi connectivity index (χ1n) is 6.57. The number of anilines is 2. The van der Waals surface area contributed by atoms with Crippen molar-refractivity contribution in [3.05, 3.63) is 52.5 Å². The molecule has 0 spiro atoms. The van der Waals surface area contributed by atoms with Crippen LogP contribution in [0.15, 0.2) is 41.9 Å². The summed E-state index contributed by atoms with van der Waals surface area (Å²) in [5, 5.41) is -0.450. The van der Waals surface area contributed by atoms with Gasteiger partial charge in [0.25, 0.3) is 0 Å². The first-order chi connectivity index (χ1) is 11.3. The molecule has 1 aromatic heterocycles. The molecule has 3 rings (SSSR count). The van der Waals surface area contributed by atoms with Crippen molar-refractivity contribution in [2.45, 2.75) is 6.18 Å². The van der Waals surface area contributed by atoms with E-state index in [-0.39, 0.29) is 5.69 Å². The Morgan fingerprint density at radius 3 is 2.50 bits per heavy atom. The minimum atomic E-state index is -4.64. The summed E-state index contributed by atoms with van der Waals surface area (Å²) in [6, 6.07) is 7.14. The van der Waals surface area contributed by atoms with Crippen molar-refractivity contribution in [2.75, 3.05) is 4.90 Å². The van der Waals surface area contributed by atoms with Gasteiger partial charge < -0.3 is 5.73 Å². The molecule has 0 aliphatic heterocycles. The summed E-state index contributed by atoms with van der Waals surface area (Å²) in [5.74, 6) is 0. The van der Waals surface area contributed by atoms with Crippen LogP contribution in [0.4, 0.5) is 29.3 Å². The molecule has 2 amide bonds. The lowest BCUT2D eigenvalue weighted by Crippen LogP contribution is -2.31. The average Bonchev–Trinajstić information content (AvgIpc) is 2.95. The molecule has 24 heavy (non-hydrogen) atoms. The van der Waals surface area contributed by atoms with Gasteiger partial charge >= 0.3 is 12.2 Å². The highest BCUT2D eigenvalue weighted by molar-refractivity contribution is 7.16. The number of nitrogens with zero attached hydrogens (tertiary/aromatic N) is 2. The van der Waals surface area contributed by atoms with E-state index in [0.29, 0.717) is 5.69 Å². The van der Waals surface area contributed by atoms with Crippen molar-refractivity contribution in [1.82, 2.24) is 4.98 Å². The van der Waals surface area contributed by atoms with Crippen molar-refractivity contribution in [2.24, 2.45) is 5.73 Å². The Hall–Kier alpha value is -2.32. The molecule has 1 heterocycles. The Balaban J connectivity index is 2.13. The molecule has 9 heteroatoms. The number of halogens is 4. The molecule has 3 aromatic rings. The molecule has 124 valence electrons. The molecule has 2 N–H and O–H groups in total. The van der Waals surface area contributed by atoms with Crippen molar-refractivity contribution in [3.63, 3.8) is 0 Å². The number of amides is 2. The van der Waals surface area contributed by atoms with Gasteiger partial charge in [-0.25, -0.2) is 9.78 Å². The van der Waals surface area contributed by atoms with Crippen LogP contribution in [0.5, 0.6) is 0 Å². The number of hydrogen-bond acceptors (Lipinski definition) is 3. The van der Waals surface area contributed by atoms with Gasteiger partial charge in [0, 0.05) is 0 Å². The number of fused-ring (bicyclic) bond motifs is 1. The minimum Gasteiger partial charge on any atom is -0.351 e. The van der Waals surface area contributed by atoms with Crippen LogP contribution in [-0.4, -0.2) is 11.0 Å². The second-order valence-corrected chi connectivity index (χ2v) is 6.13. The summed E-state index contributed by atoms with van der Waals surface area (Å²) in [5.41, 5.74) is 7.01. The fourth-order valence-electron chi connectivity index (χ4n) is 2.26. The van der Waals surface area contributed by atoms with E-state index < -0.39 is 22.8 Å². The van der Waals surface area contributed by atoms with Crippen LogP contribution in [0.25, 0.3) is 10.2 Å². The maximum atomic E-state index is 13.0. The molecule has 0 saturated carbocycles. The quantitative estimate of drug-likeness (QED) is 0.674. The zero-order chi connectivity index (χ0) is 17.5. The van der Waals surface area contributed by atoms with E-state index >= 15 is 0 Å². The number of aromatic nitrogens is 1. The van der Waals surface area contributed by atoms with Crippen molar-refractivity contribution < 1.29 is 18.0 Å². The largest absolute Gasteiger partial charge is 0.417 e. The lowest BCUT2D eigenvalue weighted by molar-refractivity contribution is -0.137. The molecule has 0 saturated heterocycles. The van der Waals surface area contributed by atoms with Crippen LogP contribution in [0.1, 0.15) is 5.56 Å². The minimum absolute atomic E-state index is 0.0249. The lowest BCUT2D eigenvalue weighted by atomic mass is 10.1. The third kappa shape index (κ3) is 3.02. The highest BCUT2D eigenvalue weighted by Gasteiger charge is 2.34. The Kier molecular flexibility index (Phi) is 4.10. The maximum Gasteiger partial charge on any atom is 0.417 e. The maximum absolute atomic E-state index is 13.0. The average molecular weight is 372 g/mol. The van der Waals surface area contributed by atoms with Gasteiger partial charge in [-0.3, -0.25) is 4.90 Å². The summed E-state index contributed by atoms with van der Waals surface area (Å²) in [4.78, 5) is 16.9. The van der Waals surface area contributed by atoms with Crippen LogP contribution in [-0.2, 0) is 6.18 Å². The van der Waals surface area contributed by atoms with E-state index in [2.05, 4.69) is 4.98 Å². The van der Waals surface area contributed by atoms with Crippen LogP contribution < -0.4 is 10.6 Å². The molecule has 2 aromatic carbocycles. The van der Waals surface area contributed by atoms with Crippen molar-refractivity contribution >= 4 is 50.6 Å². The van der Waals surface area contributed by atoms with Crippen LogP contribution in [0.3, 0.4) is 0 Å². The number of hydrogen-bond donors (Lipinski definition) is 1. The summed E-state index contributed by atoms with van der Waals surface area (Å²) in [6.45, 7) is 0. The number of primary amides is 1. The van der Waals surface area contributed by atoms with Gasteiger partial charge in [-0.1, -0.05) is 11.6 Å². The number of alkyl halides is 3. The van der Waals surface area contributed by atoms with E-state index in [1.54, 1.807) is 23.7 Å². The summed E-state index contributed by atoms with van der Waals surface area (Å²) >= 11 is 6.96. The number of rotatable bonds is 2. The fourth-order valence-corrected chi connectivity index (χ4v) is 3.19. The van der Waals surface area contributed by atoms with E-state index in [1.807, 2.05) is 0 Å². The highest BCUT2D eigenvalue weighted by atomic mass is 35.5. The van der Waals surface area contributed by atoms with Gasteiger partial charge in [-0.05, 0) is 36.4 Å². The Morgan fingerprint density at radius 1 is 1.17 bits per heavy atom. The molecule has 0 bridgehead atoms. The van der Waals surface area contributed by atoms with Gasteiger partial charge in [0.2, 0.25) is 0 Å². The summed E-state index contributed by atoms with van der Waals surface area (Å²) in [6.07, 6.45) is -4.64. The number of urea groups is 1. The molecule has 4 nitrogen and oxygen atoms in total. The molecule has 0 aliphatic rings. The second kappa shape index (κ2) is 5.95. The van der Waals surface area contributed by atoms with E-state index in [4.69, 9.17) is 17.3 Å². The topological polar surface area (TPSA) is 59.2 Å². The SMILES string of the molecule is NC(=O)N(c1ccc(Cl)c(C(F)(F)F)c1)c1ccc2ncsc2c1. The first kappa shape index (κ1) is 16.5. The van der Waals surface area contributed by atoms with Gasteiger partial charge in [-0.15, -0.1) is 11.3 Å². The molecule has 0 aliphatic carbocycles. The van der Waals surface area contributed by atoms with E-state index in [1.165, 1.54) is 17.4 Å². The van der Waals surface area contributed by atoms with Gasteiger partial charge in [0.15, 0.2) is 0 Å². The van der Waals surface area contributed by atoms with E-state index in [0.717, 1.165) is 27.2 Å². The number of carbonyl (C=O) groups is 1. The normalized spacial score (nSPS) is 11.7. The van der Waals surface area contributed by atoms with E-state index in [9.17, 15) is 18.0 Å². The molecular weight excluding hydrogens is 363 g/mol. The zero-order valence-corrected chi connectivity index (χ0v) is 13.4. The molecule has 0 unspecified atom stereocenters. The van der Waals surface area contributed by atoms with Crippen LogP contribution in [0.2, 0.25) is 5.02 Å². The predicted molar refractivity (Wildman–Crippen MR) is 87.8 cm³/mol. The standard InChI is InChI=1S/C15H9ClF3N3OS/c16-11-3-1-8(5-10(11)15(17,18)19)22(14(20)23)9-2-4-12-13(6-9)24-7-21-12/h1-7H,(H2,20,23). The monoisotopic (exact) mass is 371 g/mol. The second-order valence-electron chi connectivity index (χ2n) is 4.84.